The first-order chi connectivity index (χ1) is 8.65. The fourth-order valence-corrected chi connectivity index (χ4v) is 1.82. The topological polar surface area (TPSA) is 41.5 Å². The average Bonchev–Trinajstić information content (AvgIpc) is 2.43. The van der Waals surface area contributed by atoms with Crippen LogP contribution in [0.5, 0.6) is 5.75 Å². The van der Waals surface area contributed by atoms with Crippen LogP contribution >= 0.6 is 0 Å². The highest BCUT2D eigenvalue weighted by molar-refractivity contribution is 5.33. The second-order valence-corrected chi connectivity index (χ2v) is 5.06. The molecule has 1 aromatic carbocycles. The van der Waals surface area contributed by atoms with E-state index in [9.17, 15) is 5.11 Å². The van der Waals surface area contributed by atoms with Gasteiger partial charge >= 0.3 is 0 Å². The van der Waals surface area contributed by atoms with Gasteiger partial charge in [0, 0.05) is 18.6 Å². The molecule has 0 aliphatic carbocycles. The standard InChI is InChI=1S/C15H25NO2/c1-4-15(2,12-17)11-16-10-9-13-7-5-6-8-14(13)18-3/h5-8,16-17H,4,9-12H2,1-3H3. The SMILES string of the molecule is CCC(C)(CO)CNCCc1ccccc1OC. The lowest BCUT2D eigenvalue weighted by Crippen LogP contribution is -2.35. The third kappa shape index (κ3) is 4.31. The number of para-hydroxylation sites is 1. The number of rotatable bonds is 8. The predicted molar refractivity (Wildman–Crippen MR) is 75.1 cm³/mol. The Bertz CT molecular complexity index is 348. The maximum atomic E-state index is 9.32. The van der Waals surface area contributed by atoms with Crippen molar-refractivity contribution in [1.29, 1.82) is 0 Å². The lowest BCUT2D eigenvalue weighted by molar-refractivity contribution is 0.136. The molecule has 0 amide bonds. The molecular weight excluding hydrogens is 226 g/mol. The van der Waals surface area contributed by atoms with Crippen LogP contribution in [0.1, 0.15) is 25.8 Å². The highest BCUT2D eigenvalue weighted by atomic mass is 16.5. The molecule has 0 saturated heterocycles. The summed E-state index contributed by atoms with van der Waals surface area (Å²) in [4.78, 5) is 0. The van der Waals surface area contributed by atoms with Crippen molar-refractivity contribution in [2.75, 3.05) is 26.8 Å². The second-order valence-electron chi connectivity index (χ2n) is 5.06. The largest absolute Gasteiger partial charge is 0.496 e. The third-order valence-electron chi connectivity index (χ3n) is 3.55. The van der Waals surface area contributed by atoms with Gasteiger partial charge in [0.25, 0.3) is 0 Å². The van der Waals surface area contributed by atoms with Crippen LogP contribution in [0.2, 0.25) is 0 Å². The normalized spacial score (nSPS) is 14.2. The predicted octanol–water partition coefficient (Wildman–Crippen LogP) is 2.24. The van der Waals surface area contributed by atoms with Crippen LogP contribution in [0.4, 0.5) is 0 Å². The van der Waals surface area contributed by atoms with Gasteiger partial charge in [0.15, 0.2) is 0 Å². The zero-order chi connectivity index (χ0) is 13.4. The molecule has 0 aliphatic rings. The molecule has 1 rings (SSSR count). The first-order valence-electron chi connectivity index (χ1n) is 6.58. The molecule has 18 heavy (non-hydrogen) atoms. The first kappa shape index (κ1) is 15.0. The van der Waals surface area contributed by atoms with Gasteiger partial charge in [-0.2, -0.15) is 0 Å². The van der Waals surface area contributed by atoms with E-state index < -0.39 is 0 Å². The Morgan fingerprint density at radius 2 is 2.06 bits per heavy atom. The van der Waals surface area contributed by atoms with E-state index in [1.54, 1.807) is 7.11 Å². The number of methoxy groups -OCH3 is 1. The maximum Gasteiger partial charge on any atom is 0.122 e. The molecule has 0 bridgehead atoms. The van der Waals surface area contributed by atoms with Gasteiger partial charge < -0.3 is 15.2 Å². The van der Waals surface area contributed by atoms with Crippen molar-refractivity contribution in [3.63, 3.8) is 0 Å². The fraction of sp³-hybridized carbons (Fsp3) is 0.600. The molecule has 2 N–H and O–H groups in total. The molecule has 0 saturated carbocycles. The number of aliphatic hydroxyl groups excluding tert-OH is 1. The Balaban J connectivity index is 2.38. The van der Waals surface area contributed by atoms with Crippen molar-refractivity contribution in [1.82, 2.24) is 5.32 Å². The Kier molecular flexibility index (Phi) is 6.16. The van der Waals surface area contributed by atoms with Crippen LogP contribution in [0.25, 0.3) is 0 Å². The lowest BCUT2D eigenvalue weighted by atomic mass is 9.88. The zero-order valence-corrected chi connectivity index (χ0v) is 11.7. The highest BCUT2D eigenvalue weighted by Gasteiger charge is 2.19. The Hall–Kier alpha value is -1.06. The Morgan fingerprint density at radius 1 is 1.33 bits per heavy atom. The van der Waals surface area contributed by atoms with Crippen molar-refractivity contribution in [3.05, 3.63) is 29.8 Å². The van der Waals surface area contributed by atoms with Gasteiger partial charge in [0.05, 0.1) is 7.11 Å². The first-order valence-corrected chi connectivity index (χ1v) is 6.58. The van der Waals surface area contributed by atoms with Crippen molar-refractivity contribution in [2.24, 2.45) is 5.41 Å². The number of ether oxygens (including phenoxy) is 1. The number of benzene rings is 1. The summed E-state index contributed by atoms with van der Waals surface area (Å²) in [5.74, 6) is 0.944. The number of nitrogens with one attached hydrogen (secondary N) is 1. The van der Waals surface area contributed by atoms with Gasteiger partial charge in [-0.15, -0.1) is 0 Å². The molecule has 0 aromatic heterocycles. The summed E-state index contributed by atoms with van der Waals surface area (Å²) in [5.41, 5.74) is 1.20. The molecule has 3 nitrogen and oxygen atoms in total. The van der Waals surface area contributed by atoms with E-state index in [4.69, 9.17) is 4.74 Å². The lowest BCUT2D eigenvalue weighted by Gasteiger charge is -2.26. The van der Waals surface area contributed by atoms with E-state index >= 15 is 0 Å². The van der Waals surface area contributed by atoms with Crippen LogP contribution in [0, 0.1) is 5.41 Å². The molecule has 3 heteroatoms. The molecule has 0 spiro atoms. The molecular formula is C15H25NO2. The molecule has 102 valence electrons. The summed E-state index contributed by atoms with van der Waals surface area (Å²) in [6, 6.07) is 8.09. The van der Waals surface area contributed by atoms with Gasteiger partial charge in [-0.3, -0.25) is 0 Å². The monoisotopic (exact) mass is 251 g/mol. The molecule has 0 aliphatic heterocycles. The van der Waals surface area contributed by atoms with Gasteiger partial charge in [0.2, 0.25) is 0 Å². The molecule has 0 heterocycles. The average molecular weight is 251 g/mol. The maximum absolute atomic E-state index is 9.32. The summed E-state index contributed by atoms with van der Waals surface area (Å²) in [6.45, 7) is 6.18. The van der Waals surface area contributed by atoms with Crippen LogP contribution in [0.15, 0.2) is 24.3 Å². The van der Waals surface area contributed by atoms with E-state index in [2.05, 4.69) is 25.2 Å². The molecule has 1 unspecified atom stereocenters. The van der Waals surface area contributed by atoms with E-state index in [1.165, 1.54) is 5.56 Å². The van der Waals surface area contributed by atoms with Gasteiger partial charge in [-0.05, 0) is 31.0 Å². The summed E-state index contributed by atoms with van der Waals surface area (Å²) >= 11 is 0. The minimum absolute atomic E-state index is 0.0131. The van der Waals surface area contributed by atoms with Crippen LogP contribution in [-0.2, 0) is 6.42 Å². The summed E-state index contributed by atoms with van der Waals surface area (Å²) in [5, 5.41) is 12.7. The van der Waals surface area contributed by atoms with Gasteiger partial charge in [-0.25, -0.2) is 0 Å². The second kappa shape index (κ2) is 7.39. The third-order valence-corrected chi connectivity index (χ3v) is 3.55. The van der Waals surface area contributed by atoms with Gasteiger partial charge in [-0.1, -0.05) is 32.0 Å². The quantitative estimate of drug-likeness (QED) is 0.696. The molecule has 1 aromatic rings. The number of hydrogen-bond donors (Lipinski definition) is 2. The fourth-order valence-electron chi connectivity index (χ4n) is 1.82. The number of hydrogen-bond acceptors (Lipinski definition) is 3. The van der Waals surface area contributed by atoms with Gasteiger partial charge in [0.1, 0.15) is 5.75 Å². The minimum atomic E-state index is -0.0131. The minimum Gasteiger partial charge on any atom is -0.496 e. The Morgan fingerprint density at radius 3 is 2.67 bits per heavy atom. The van der Waals surface area contributed by atoms with Crippen molar-refractivity contribution in [3.8, 4) is 5.75 Å². The smallest absolute Gasteiger partial charge is 0.122 e. The summed E-state index contributed by atoms with van der Waals surface area (Å²) in [6.07, 6.45) is 1.92. The summed E-state index contributed by atoms with van der Waals surface area (Å²) < 4.78 is 5.32. The van der Waals surface area contributed by atoms with E-state index in [0.29, 0.717) is 0 Å². The van der Waals surface area contributed by atoms with Crippen LogP contribution in [-0.4, -0.2) is 31.9 Å². The summed E-state index contributed by atoms with van der Waals surface area (Å²) in [7, 11) is 1.70. The molecule has 0 fully saturated rings. The van der Waals surface area contributed by atoms with Crippen molar-refractivity contribution >= 4 is 0 Å². The molecule has 0 radical (unpaired) electrons. The van der Waals surface area contributed by atoms with E-state index in [-0.39, 0.29) is 12.0 Å². The van der Waals surface area contributed by atoms with Crippen LogP contribution in [0.3, 0.4) is 0 Å². The molecule has 1 atom stereocenters. The van der Waals surface area contributed by atoms with E-state index in [1.807, 2.05) is 18.2 Å². The highest BCUT2D eigenvalue weighted by Crippen LogP contribution is 2.19. The van der Waals surface area contributed by atoms with Crippen molar-refractivity contribution < 1.29 is 9.84 Å². The van der Waals surface area contributed by atoms with E-state index in [0.717, 1.165) is 31.7 Å². The number of aliphatic hydroxyl groups is 1. The van der Waals surface area contributed by atoms with Crippen molar-refractivity contribution in [2.45, 2.75) is 26.7 Å². The van der Waals surface area contributed by atoms with Crippen LogP contribution < -0.4 is 10.1 Å². The zero-order valence-electron chi connectivity index (χ0n) is 11.7. The Labute approximate surface area is 110 Å².